The molecular formula is C13H7Cl2FN2O2. The molecular weight excluding hydrogens is 306 g/mol. The Hall–Kier alpha value is -1.98. The fourth-order valence-electron chi connectivity index (χ4n) is 1.69. The molecule has 0 fully saturated rings. The molecule has 20 heavy (non-hydrogen) atoms. The normalized spacial score (nSPS) is 10.3. The van der Waals surface area contributed by atoms with Gasteiger partial charge in [0.05, 0.1) is 11.1 Å². The predicted molar refractivity (Wildman–Crippen MR) is 73.7 cm³/mol. The molecule has 0 aliphatic carbocycles. The Bertz CT molecular complexity index is 720. The van der Waals surface area contributed by atoms with Gasteiger partial charge in [0.1, 0.15) is 11.6 Å². The lowest BCUT2D eigenvalue weighted by Gasteiger charge is -2.08. The monoisotopic (exact) mass is 312 g/mol. The highest BCUT2D eigenvalue weighted by Crippen LogP contribution is 2.23. The first-order chi connectivity index (χ1) is 9.41. The second-order valence-corrected chi connectivity index (χ2v) is 4.63. The van der Waals surface area contributed by atoms with Crippen molar-refractivity contribution >= 4 is 40.0 Å². The number of hydrogen-bond acceptors (Lipinski definition) is 4. The molecule has 2 aromatic rings. The van der Waals surface area contributed by atoms with Gasteiger partial charge in [0.2, 0.25) is 0 Å². The predicted octanol–water partition coefficient (Wildman–Crippen LogP) is 3.07. The van der Waals surface area contributed by atoms with Gasteiger partial charge in [-0.15, -0.1) is 0 Å². The Labute approximate surface area is 123 Å². The number of pyridine rings is 1. The highest BCUT2D eigenvalue weighted by Gasteiger charge is 2.22. The number of rotatable bonds is 3. The van der Waals surface area contributed by atoms with Crippen LogP contribution in [0.15, 0.2) is 30.5 Å². The molecule has 0 amide bonds. The van der Waals surface area contributed by atoms with Gasteiger partial charge in [-0.1, -0.05) is 11.6 Å². The number of aromatic nitrogens is 1. The summed E-state index contributed by atoms with van der Waals surface area (Å²) in [6.07, 6.45) is 1.24. The van der Waals surface area contributed by atoms with E-state index >= 15 is 0 Å². The van der Waals surface area contributed by atoms with Gasteiger partial charge in [0.25, 0.3) is 5.24 Å². The van der Waals surface area contributed by atoms with Crippen LogP contribution >= 0.6 is 23.2 Å². The molecule has 0 radical (unpaired) electrons. The molecule has 7 heteroatoms. The molecule has 1 aromatic heterocycles. The molecule has 102 valence electrons. The van der Waals surface area contributed by atoms with E-state index in [0.29, 0.717) is 0 Å². The molecule has 0 saturated heterocycles. The van der Waals surface area contributed by atoms with Crippen LogP contribution in [0.4, 0.5) is 10.2 Å². The Morgan fingerprint density at radius 3 is 2.50 bits per heavy atom. The highest BCUT2D eigenvalue weighted by molar-refractivity contribution is 6.68. The van der Waals surface area contributed by atoms with Gasteiger partial charge in [0.15, 0.2) is 5.78 Å². The van der Waals surface area contributed by atoms with Gasteiger partial charge in [-0.3, -0.25) is 9.59 Å². The number of nitrogens with zero attached hydrogens (tertiary/aromatic N) is 1. The standard InChI is InChI=1S/C13H7Cl2FN2O2/c14-6-1-2-7(9(16)5-6)11(19)8-3-4-18-13(17)10(8)12(15)20/h1-5H,(H2,17,18). The summed E-state index contributed by atoms with van der Waals surface area (Å²) in [7, 11) is 0. The zero-order chi connectivity index (χ0) is 14.9. The first-order valence-corrected chi connectivity index (χ1v) is 6.11. The third-order valence-corrected chi connectivity index (χ3v) is 3.02. The van der Waals surface area contributed by atoms with Crippen LogP contribution in [0.3, 0.4) is 0 Å². The van der Waals surface area contributed by atoms with E-state index in [2.05, 4.69) is 4.98 Å². The summed E-state index contributed by atoms with van der Waals surface area (Å²) in [5.74, 6) is -1.71. The van der Waals surface area contributed by atoms with Gasteiger partial charge in [-0.25, -0.2) is 9.37 Å². The number of carbonyl (C=O) groups excluding carboxylic acids is 2. The maximum absolute atomic E-state index is 13.7. The first-order valence-electron chi connectivity index (χ1n) is 5.36. The molecule has 4 nitrogen and oxygen atoms in total. The first kappa shape index (κ1) is 14.4. The zero-order valence-corrected chi connectivity index (χ0v) is 11.4. The fourth-order valence-corrected chi connectivity index (χ4v) is 2.05. The number of nitrogen functional groups attached to an aromatic ring is 1. The second-order valence-electron chi connectivity index (χ2n) is 3.85. The average Bonchev–Trinajstić information content (AvgIpc) is 2.37. The number of carbonyl (C=O) groups is 2. The van der Waals surface area contributed by atoms with E-state index in [0.717, 1.165) is 6.07 Å². The summed E-state index contributed by atoms with van der Waals surface area (Å²) in [5, 5.41) is -0.782. The summed E-state index contributed by atoms with van der Waals surface area (Å²) < 4.78 is 13.7. The number of benzene rings is 1. The van der Waals surface area contributed by atoms with Crippen LogP contribution in [-0.2, 0) is 0 Å². The van der Waals surface area contributed by atoms with Crippen molar-refractivity contribution in [2.75, 3.05) is 5.73 Å². The smallest absolute Gasteiger partial charge is 0.256 e. The molecule has 2 N–H and O–H groups in total. The molecule has 1 aromatic carbocycles. The van der Waals surface area contributed by atoms with Crippen LogP contribution in [0, 0.1) is 5.82 Å². The summed E-state index contributed by atoms with van der Waals surface area (Å²) in [5.41, 5.74) is 4.93. The second kappa shape index (κ2) is 5.56. The SMILES string of the molecule is Nc1nccc(C(=O)c2ccc(Cl)cc2F)c1C(=O)Cl. The summed E-state index contributed by atoms with van der Waals surface area (Å²) in [6, 6.07) is 4.84. The number of ketones is 1. The molecule has 0 bridgehead atoms. The van der Waals surface area contributed by atoms with Crippen molar-refractivity contribution < 1.29 is 14.0 Å². The maximum atomic E-state index is 13.7. The maximum Gasteiger partial charge on any atom is 0.256 e. The molecule has 0 saturated carbocycles. The molecule has 0 aliphatic rings. The van der Waals surface area contributed by atoms with Crippen LogP contribution in [-0.4, -0.2) is 16.0 Å². The van der Waals surface area contributed by atoms with Crippen molar-refractivity contribution in [2.24, 2.45) is 0 Å². The molecule has 0 spiro atoms. The quantitative estimate of drug-likeness (QED) is 0.698. The lowest BCUT2D eigenvalue weighted by Crippen LogP contribution is -2.12. The van der Waals surface area contributed by atoms with Crippen molar-refractivity contribution in [2.45, 2.75) is 0 Å². The third-order valence-electron chi connectivity index (χ3n) is 2.60. The van der Waals surface area contributed by atoms with Crippen LogP contribution in [0.2, 0.25) is 5.02 Å². The summed E-state index contributed by atoms with van der Waals surface area (Å²) in [4.78, 5) is 27.3. The molecule has 1 heterocycles. The van der Waals surface area contributed by atoms with Crippen molar-refractivity contribution in [3.63, 3.8) is 0 Å². The van der Waals surface area contributed by atoms with Crippen molar-refractivity contribution in [3.05, 3.63) is 58.0 Å². The third kappa shape index (κ3) is 2.64. The van der Waals surface area contributed by atoms with E-state index in [1.807, 2.05) is 0 Å². The zero-order valence-electron chi connectivity index (χ0n) is 9.86. The van der Waals surface area contributed by atoms with Crippen LogP contribution in [0.1, 0.15) is 26.3 Å². The number of anilines is 1. The Morgan fingerprint density at radius 1 is 1.20 bits per heavy atom. The summed E-state index contributed by atoms with van der Waals surface area (Å²) >= 11 is 11.0. The van der Waals surface area contributed by atoms with E-state index < -0.39 is 16.8 Å². The van der Waals surface area contributed by atoms with Crippen molar-refractivity contribution in [1.29, 1.82) is 0 Å². The molecule has 2 rings (SSSR count). The van der Waals surface area contributed by atoms with Crippen molar-refractivity contribution in [3.8, 4) is 0 Å². The average molecular weight is 313 g/mol. The number of nitrogens with two attached hydrogens (primary N) is 1. The lowest BCUT2D eigenvalue weighted by molar-refractivity contribution is 0.102. The highest BCUT2D eigenvalue weighted by atomic mass is 35.5. The number of hydrogen-bond donors (Lipinski definition) is 1. The van der Waals surface area contributed by atoms with E-state index in [1.165, 1.54) is 24.4 Å². The number of halogens is 3. The van der Waals surface area contributed by atoms with E-state index in [1.54, 1.807) is 0 Å². The van der Waals surface area contributed by atoms with Gasteiger partial charge in [-0.2, -0.15) is 0 Å². The Morgan fingerprint density at radius 2 is 1.90 bits per heavy atom. The molecule has 0 atom stereocenters. The van der Waals surface area contributed by atoms with Gasteiger partial charge < -0.3 is 5.73 Å². The lowest BCUT2D eigenvalue weighted by atomic mass is 9.99. The minimum Gasteiger partial charge on any atom is -0.383 e. The summed E-state index contributed by atoms with van der Waals surface area (Å²) in [6.45, 7) is 0. The Balaban J connectivity index is 2.60. The van der Waals surface area contributed by atoms with Gasteiger partial charge >= 0.3 is 0 Å². The molecule has 0 unspecified atom stereocenters. The van der Waals surface area contributed by atoms with E-state index in [9.17, 15) is 14.0 Å². The van der Waals surface area contributed by atoms with Crippen molar-refractivity contribution in [1.82, 2.24) is 4.98 Å². The fraction of sp³-hybridized carbons (Fsp3) is 0. The Kier molecular flexibility index (Phi) is 4.01. The minimum absolute atomic E-state index is 0.112. The minimum atomic E-state index is -0.937. The van der Waals surface area contributed by atoms with Crippen LogP contribution in [0.25, 0.3) is 0 Å². The van der Waals surface area contributed by atoms with Crippen LogP contribution < -0.4 is 5.73 Å². The topological polar surface area (TPSA) is 73.0 Å². The van der Waals surface area contributed by atoms with E-state index in [-0.39, 0.29) is 27.5 Å². The van der Waals surface area contributed by atoms with Gasteiger partial charge in [-0.05, 0) is 35.9 Å². The van der Waals surface area contributed by atoms with E-state index in [4.69, 9.17) is 28.9 Å². The molecule has 0 aliphatic heterocycles. The van der Waals surface area contributed by atoms with Crippen LogP contribution in [0.5, 0.6) is 0 Å². The largest absolute Gasteiger partial charge is 0.383 e. The van der Waals surface area contributed by atoms with Gasteiger partial charge in [0, 0.05) is 16.8 Å².